The molecule has 1 unspecified atom stereocenters. The van der Waals surface area contributed by atoms with Crippen molar-refractivity contribution in [1.29, 1.82) is 0 Å². The van der Waals surface area contributed by atoms with Gasteiger partial charge in [0.1, 0.15) is 0 Å². The first kappa shape index (κ1) is 14.4. The first-order valence-electron chi connectivity index (χ1n) is 6.84. The second-order valence-electron chi connectivity index (χ2n) is 5.29. The Kier molecular flexibility index (Phi) is 5.23. The summed E-state index contributed by atoms with van der Waals surface area (Å²) in [6.07, 6.45) is 2.85. The summed E-state index contributed by atoms with van der Waals surface area (Å²) in [5.74, 6) is 0.745. The minimum Gasteiger partial charge on any atom is -0.345 e. The first-order valence-corrected chi connectivity index (χ1v) is 7.22. The number of halogens is 1. The van der Waals surface area contributed by atoms with Crippen LogP contribution in [0.15, 0.2) is 24.3 Å². The van der Waals surface area contributed by atoms with Crippen LogP contribution in [0.25, 0.3) is 0 Å². The number of benzene rings is 1. The molecule has 1 amide bonds. The van der Waals surface area contributed by atoms with Gasteiger partial charge in [-0.1, -0.05) is 23.7 Å². The summed E-state index contributed by atoms with van der Waals surface area (Å²) < 4.78 is 0. The number of nitrogens with one attached hydrogen (secondary N) is 1. The zero-order valence-corrected chi connectivity index (χ0v) is 12.1. The third-order valence-electron chi connectivity index (χ3n) is 3.60. The lowest BCUT2D eigenvalue weighted by molar-refractivity contribution is -0.129. The maximum absolute atomic E-state index is 12.2. The van der Waals surface area contributed by atoms with Crippen LogP contribution in [-0.2, 0) is 11.2 Å². The van der Waals surface area contributed by atoms with Crippen molar-refractivity contribution in [2.45, 2.75) is 19.3 Å². The second-order valence-corrected chi connectivity index (χ2v) is 5.73. The smallest absolute Gasteiger partial charge is 0.226 e. The van der Waals surface area contributed by atoms with E-state index in [-0.39, 0.29) is 5.91 Å². The fraction of sp³-hybridized carbons (Fsp3) is 0.533. The molecule has 1 atom stereocenters. The van der Waals surface area contributed by atoms with Crippen molar-refractivity contribution < 1.29 is 4.79 Å². The molecule has 1 aliphatic heterocycles. The van der Waals surface area contributed by atoms with Crippen LogP contribution in [0.4, 0.5) is 0 Å². The van der Waals surface area contributed by atoms with Gasteiger partial charge in [-0.25, -0.2) is 0 Å². The standard InChI is InChI=1S/C15H21ClN2O/c1-18(11-13-5-3-7-17-10-13)15(19)9-12-4-2-6-14(16)8-12/h2,4,6,8,13,17H,3,5,7,9-11H2,1H3. The molecule has 3 nitrogen and oxygen atoms in total. The molecule has 1 heterocycles. The van der Waals surface area contributed by atoms with Gasteiger partial charge in [0.2, 0.25) is 5.91 Å². The monoisotopic (exact) mass is 280 g/mol. The molecule has 0 bridgehead atoms. The number of amides is 1. The minimum atomic E-state index is 0.160. The van der Waals surface area contributed by atoms with Crippen molar-refractivity contribution >= 4 is 17.5 Å². The van der Waals surface area contributed by atoms with Crippen LogP contribution in [0.1, 0.15) is 18.4 Å². The van der Waals surface area contributed by atoms with Crippen LogP contribution in [0, 0.1) is 5.92 Å². The van der Waals surface area contributed by atoms with E-state index < -0.39 is 0 Å². The molecule has 1 fully saturated rings. The highest BCUT2D eigenvalue weighted by Gasteiger charge is 2.18. The summed E-state index contributed by atoms with van der Waals surface area (Å²) in [5, 5.41) is 4.07. The van der Waals surface area contributed by atoms with Gasteiger partial charge in [-0.05, 0) is 49.5 Å². The Morgan fingerprint density at radius 1 is 1.53 bits per heavy atom. The Balaban J connectivity index is 1.84. The number of rotatable bonds is 4. The van der Waals surface area contributed by atoms with Gasteiger partial charge in [-0.2, -0.15) is 0 Å². The van der Waals surface area contributed by atoms with Crippen molar-refractivity contribution in [3.63, 3.8) is 0 Å². The average molecular weight is 281 g/mol. The Bertz CT molecular complexity index is 430. The van der Waals surface area contributed by atoms with E-state index in [1.807, 2.05) is 36.2 Å². The van der Waals surface area contributed by atoms with Gasteiger partial charge in [0.05, 0.1) is 6.42 Å². The molecule has 0 spiro atoms. The lowest BCUT2D eigenvalue weighted by atomic mass is 9.99. The van der Waals surface area contributed by atoms with Crippen molar-refractivity contribution in [1.82, 2.24) is 10.2 Å². The highest BCUT2D eigenvalue weighted by atomic mass is 35.5. The van der Waals surface area contributed by atoms with E-state index in [0.29, 0.717) is 17.4 Å². The van der Waals surface area contributed by atoms with E-state index in [0.717, 1.165) is 25.2 Å². The molecule has 0 saturated carbocycles. The fourth-order valence-electron chi connectivity index (χ4n) is 2.53. The Morgan fingerprint density at radius 3 is 3.05 bits per heavy atom. The van der Waals surface area contributed by atoms with E-state index in [2.05, 4.69) is 5.32 Å². The topological polar surface area (TPSA) is 32.3 Å². The second kappa shape index (κ2) is 6.92. The van der Waals surface area contributed by atoms with E-state index >= 15 is 0 Å². The van der Waals surface area contributed by atoms with Crippen LogP contribution in [-0.4, -0.2) is 37.5 Å². The summed E-state index contributed by atoms with van der Waals surface area (Å²) in [6, 6.07) is 7.51. The molecule has 0 radical (unpaired) electrons. The van der Waals surface area contributed by atoms with Gasteiger partial charge >= 0.3 is 0 Å². The summed E-state index contributed by atoms with van der Waals surface area (Å²) in [5.41, 5.74) is 0.978. The molecule has 1 aromatic rings. The molecule has 0 aromatic heterocycles. The summed E-state index contributed by atoms with van der Waals surface area (Å²) >= 11 is 5.93. The lowest BCUT2D eigenvalue weighted by Crippen LogP contribution is -2.39. The van der Waals surface area contributed by atoms with Crippen LogP contribution >= 0.6 is 11.6 Å². The first-order chi connectivity index (χ1) is 9.15. The largest absolute Gasteiger partial charge is 0.345 e. The molecule has 4 heteroatoms. The number of carbonyl (C=O) groups excluding carboxylic acids is 1. The molecule has 1 aliphatic rings. The number of likely N-dealkylation sites (N-methyl/N-ethyl adjacent to an activating group) is 1. The normalized spacial score (nSPS) is 19.2. The van der Waals surface area contributed by atoms with Crippen LogP contribution in [0.2, 0.25) is 5.02 Å². The quantitative estimate of drug-likeness (QED) is 0.918. The summed E-state index contributed by atoms with van der Waals surface area (Å²) in [6.45, 7) is 2.97. The van der Waals surface area contributed by atoms with E-state index in [9.17, 15) is 4.79 Å². The van der Waals surface area contributed by atoms with E-state index in [1.54, 1.807) is 0 Å². The van der Waals surface area contributed by atoms with Gasteiger partial charge in [-0.3, -0.25) is 4.79 Å². The van der Waals surface area contributed by atoms with Crippen molar-refractivity contribution in [2.24, 2.45) is 5.92 Å². The zero-order valence-electron chi connectivity index (χ0n) is 11.4. The number of carbonyl (C=O) groups is 1. The SMILES string of the molecule is CN(CC1CCCNC1)C(=O)Cc1cccc(Cl)c1. The summed E-state index contributed by atoms with van der Waals surface area (Å²) in [7, 11) is 1.89. The molecule has 2 rings (SSSR count). The van der Waals surface area contributed by atoms with Crippen molar-refractivity contribution in [3.05, 3.63) is 34.9 Å². The number of piperidine rings is 1. The molecule has 1 N–H and O–H groups in total. The molecule has 104 valence electrons. The van der Waals surface area contributed by atoms with Gasteiger partial charge in [-0.15, -0.1) is 0 Å². The summed E-state index contributed by atoms with van der Waals surface area (Å²) in [4.78, 5) is 14.0. The average Bonchev–Trinajstić information content (AvgIpc) is 2.40. The molecular formula is C15H21ClN2O. The van der Waals surface area contributed by atoms with Gasteiger partial charge in [0.15, 0.2) is 0 Å². The maximum atomic E-state index is 12.2. The predicted molar refractivity (Wildman–Crippen MR) is 78.4 cm³/mol. The van der Waals surface area contributed by atoms with Gasteiger partial charge in [0, 0.05) is 18.6 Å². The van der Waals surface area contributed by atoms with Crippen LogP contribution in [0.3, 0.4) is 0 Å². The number of hydrogen-bond donors (Lipinski definition) is 1. The van der Waals surface area contributed by atoms with E-state index in [1.165, 1.54) is 12.8 Å². The van der Waals surface area contributed by atoms with E-state index in [4.69, 9.17) is 11.6 Å². The highest BCUT2D eigenvalue weighted by Crippen LogP contribution is 2.14. The number of hydrogen-bond acceptors (Lipinski definition) is 2. The molecule has 0 aliphatic carbocycles. The molecular weight excluding hydrogens is 260 g/mol. The molecule has 1 aromatic carbocycles. The Labute approximate surface area is 119 Å². The van der Waals surface area contributed by atoms with Crippen LogP contribution in [0.5, 0.6) is 0 Å². The third kappa shape index (κ3) is 4.51. The maximum Gasteiger partial charge on any atom is 0.226 e. The molecule has 19 heavy (non-hydrogen) atoms. The number of nitrogens with zero attached hydrogens (tertiary/aromatic N) is 1. The van der Waals surface area contributed by atoms with Gasteiger partial charge < -0.3 is 10.2 Å². The third-order valence-corrected chi connectivity index (χ3v) is 3.84. The highest BCUT2D eigenvalue weighted by molar-refractivity contribution is 6.30. The van der Waals surface area contributed by atoms with Crippen molar-refractivity contribution in [2.75, 3.05) is 26.7 Å². The van der Waals surface area contributed by atoms with Gasteiger partial charge in [0.25, 0.3) is 0 Å². The minimum absolute atomic E-state index is 0.160. The predicted octanol–water partition coefficient (Wildman–Crippen LogP) is 2.34. The zero-order chi connectivity index (χ0) is 13.7. The fourth-order valence-corrected chi connectivity index (χ4v) is 2.74. The Morgan fingerprint density at radius 2 is 2.37 bits per heavy atom. The van der Waals surface area contributed by atoms with Crippen molar-refractivity contribution in [3.8, 4) is 0 Å². The van der Waals surface area contributed by atoms with Crippen LogP contribution < -0.4 is 5.32 Å². The molecule has 1 saturated heterocycles. The Hall–Kier alpha value is -1.06. The lowest BCUT2D eigenvalue weighted by Gasteiger charge is -2.27.